The summed E-state index contributed by atoms with van der Waals surface area (Å²) in [6.45, 7) is 12.0. The summed E-state index contributed by atoms with van der Waals surface area (Å²) in [5.41, 5.74) is -0.00255. The molecule has 5 unspecified atom stereocenters. The molecular weight excluding hydrogens is 204 g/mol. The number of aliphatic hydroxyl groups excluding tert-OH is 3. The summed E-state index contributed by atoms with van der Waals surface area (Å²) < 4.78 is 0. The Hall–Kier alpha value is -0.120. The zero-order valence-corrected chi connectivity index (χ0v) is 11.4. The van der Waals surface area contributed by atoms with Gasteiger partial charge in [0.15, 0.2) is 0 Å². The number of hydrogen-bond acceptors (Lipinski definition) is 3. The predicted octanol–water partition coefficient (Wildman–Crippen LogP) is 1.65. The fraction of sp³-hybridized carbons (Fsp3) is 1.00. The highest BCUT2D eigenvalue weighted by Crippen LogP contribution is 2.39. The lowest BCUT2D eigenvalue weighted by molar-refractivity contribution is -0.0561. The van der Waals surface area contributed by atoms with Crippen molar-refractivity contribution in [2.75, 3.05) is 6.61 Å². The Balaban J connectivity index is 4.90. The van der Waals surface area contributed by atoms with E-state index >= 15 is 0 Å². The summed E-state index contributed by atoms with van der Waals surface area (Å²) in [6, 6.07) is 0. The molecule has 0 aromatic rings. The Morgan fingerprint density at radius 2 is 1.44 bits per heavy atom. The van der Waals surface area contributed by atoms with E-state index in [2.05, 4.69) is 20.8 Å². The molecule has 0 saturated heterocycles. The van der Waals surface area contributed by atoms with Crippen molar-refractivity contribution in [1.29, 1.82) is 0 Å². The first kappa shape index (κ1) is 15.9. The molecule has 0 aromatic heterocycles. The third kappa shape index (κ3) is 4.04. The average Bonchev–Trinajstić information content (AvgIpc) is 2.13. The molecule has 0 amide bonds. The van der Waals surface area contributed by atoms with Crippen molar-refractivity contribution in [1.82, 2.24) is 0 Å². The molecule has 3 heteroatoms. The summed E-state index contributed by atoms with van der Waals surface area (Å²) in [5.74, 6) is 0.243. The van der Waals surface area contributed by atoms with E-state index < -0.39 is 12.2 Å². The second-order valence-corrected chi connectivity index (χ2v) is 6.14. The maximum absolute atomic E-state index is 9.94. The van der Waals surface area contributed by atoms with Crippen LogP contribution in [0.5, 0.6) is 0 Å². The highest BCUT2D eigenvalue weighted by Gasteiger charge is 2.38. The number of aliphatic hydroxyl groups is 3. The van der Waals surface area contributed by atoms with Gasteiger partial charge in [0.25, 0.3) is 0 Å². The molecule has 5 atom stereocenters. The van der Waals surface area contributed by atoms with Gasteiger partial charge < -0.3 is 15.3 Å². The standard InChI is InChI=1S/C13H28O3/c1-8(7-14)11(13(4,5)6)9(2)12(16)10(3)15/h8-12,14-16H,7H2,1-6H3. The molecule has 0 rings (SSSR count). The van der Waals surface area contributed by atoms with Crippen LogP contribution >= 0.6 is 0 Å². The van der Waals surface area contributed by atoms with E-state index in [1.165, 1.54) is 0 Å². The second kappa shape index (κ2) is 5.99. The van der Waals surface area contributed by atoms with Gasteiger partial charge in [-0.3, -0.25) is 0 Å². The first-order valence-electron chi connectivity index (χ1n) is 6.09. The monoisotopic (exact) mass is 232 g/mol. The lowest BCUT2D eigenvalue weighted by Crippen LogP contribution is -2.42. The molecule has 3 N–H and O–H groups in total. The zero-order valence-electron chi connectivity index (χ0n) is 11.4. The van der Waals surface area contributed by atoms with Gasteiger partial charge in [0.2, 0.25) is 0 Å². The minimum absolute atomic E-state index is 0.00255. The molecule has 0 aliphatic carbocycles. The minimum Gasteiger partial charge on any atom is -0.396 e. The molecule has 0 bridgehead atoms. The Morgan fingerprint density at radius 1 is 1.00 bits per heavy atom. The lowest BCUT2D eigenvalue weighted by Gasteiger charge is -2.41. The molecule has 0 aliphatic rings. The summed E-state index contributed by atoms with van der Waals surface area (Å²) in [7, 11) is 0. The van der Waals surface area contributed by atoms with Crippen molar-refractivity contribution in [2.24, 2.45) is 23.2 Å². The molecule has 98 valence electrons. The summed E-state index contributed by atoms with van der Waals surface area (Å²) in [4.78, 5) is 0. The molecule has 0 fully saturated rings. The van der Waals surface area contributed by atoms with Crippen LogP contribution in [0.15, 0.2) is 0 Å². The largest absolute Gasteiger partial charge is 0.396 e. The third-order valence-electron chi connectivity index (χ3n) is 3.50. The quantitative estimate of drug-likeness (QED) is 0.675. The molecule has 0 heterocycles. The van der Waals surface area contributed by atoms with E-state index in [1.807, 2.05) is 13.8 Å². The third-order valence-corrected chi connectivity index (χ3v) is 3.50. The summed E-state index contributed by atoms with van der Waals surface area (Å²) in [5, 5.41) is 28.7. The van der Waals surface area contributed by atoms with E-state index in [0.29, 0.717) is 0 Å². The fourth-order valence-electron chi connectivity index (χ4n) is 2.93. The predicted molar refractivity (Wildman–Crippen MR) is 66.0 cm³/mol. The molecule has 3 nitrogen and oxygen atoms in total. The first-order valence-corrected chi connectivity index (χ1v) is 6.09. The van der Waals surface area contributed by atoms with Crippen molar-refractivity contribution in [3.05, 3.63) is 0 Å². The van der Waals surface area contributed by atoms with E-state index in [0.717, 1.165) is 0 Å². The van der Waals surface area contributed by atoms with Crippen molar-refractivity contribution in [3.8, 4) is 0 Å². The molecule has 0 spiro atoms. The van der Waals surface area contributed by atoms with Gasteiger partial charge >= 0.3 is 0 Å². The molecule has 0 aromatic carbocycles. The maximum atomic E-state index is 9.94. The highest BCUT2D eigenvalue weighted by atomic mass is 16.3. The van der Waals surface area contributed by atoms with Crippen molar-refractivity contribution in [2.45, 2.75) is 53.8 Å². The van der Waals surface area contributed by atoms with Crippen LogP contribution in [0.25, 0.3) is 0 Å². The number of rotatable bonds is 5. The van der Waals surface area contributed by atoms with E-state index in [-0.39, 0.29) is 29.8 Å². The topological polar surface area (TPSA) is 60.7 Å². The van der Waals surface area contributed by atoms with Crippen molar-refractivity contribution < 1.29 is 15.3 Å². The second-order valence-electron chi connectivity index (χ2n) is 6.14. The normalized spacial score (nSPS) is 22.3. The molecule has 0 aliphatic heterocycles. The SMILES string of the molecule is CC(O)C(O)C(C)C(C(C)CO)C(C)(C)C. The smallest absolute Gasteiger partial charge is 0.0824 e. The van der Waals surface area contributed by atoms with E-state index in [4.69, 9.17) is 0 Å². The van der Waals surface area contributed by atoms with Crippen LogP contribution in [-0.4, -0.2) is 34.1 Å². The fourth-order valence-corrected chi connectivity index (χ4v) is 2.93. The van der Waals surface area contributed by atoms with Gasteiger partial charge in [0.05, 0.1) is 12.2 Å². The van der Waals surface area contributed by atoms with Crippen LogP contribution in [0.3, 0.4) is 0 Å². The Bertz CT molecular complexity index is 196. The van der Waals surface area contributed by atoms with Gasteiger partial charge in [-0.15, -0.1) is 0 Å². The minimum atomic E-state index is -0.738. The van der Waals surface area contributed by atoms with Crippen LogP contribution in [0.2, 0.25) is 0 Å². The lowest BCUT2D eigenvalue weighted by atomic mass is 9.66. The van der Waals surface area contributed by atoms with Gasteiger partial charge in [-0.25, -0.2) is 0 Å². The Kier molecular flexibility index (Phi) is 5.94. The Morgan fingerprint density at radius 3 is 1.69 bits per heavy atom. The molecular formula is C13H28O3. The van der Waals surface area contributed by atoms with Crippen LogP contribution in [0.1, 0.15) is 41.5 Å². The van der Waals surface area contributed by atoms with E-state index in [9.17, 15) is 15.3 Å². The van der Waals surface area contributed by atoms with Crippen molar-refractivity contribution >= 4 is 0 Å². The Labute approximate surface area is 99.5 Å². The molecule has 0 saturated carbocycles. The summed E-state index contributed by atoms with van der Waals surface area (Å²) in [6.07, 6.45) is -1.47. The van der Waals surface area contributed by atoms with Crippen LogP contribution in [0.4, 0.5) is 0 Å². The highest BCUT2D eigenvalue weighted by molar-refractivity contribution is 4.86. The average molecular weight is 232 g/mol. The van der Waals surface area contributed by atoms with E-state index in [1.54, 1.807) is 6.92 Å². The van der Waals surface area contributed by atoms with Gasteiger partial charge in [-0.2, -0.15) is 0 Å². The van der Waals surface area contributed by atoms with Gasteiger partial charge in [0.1, 0.15) is 0 Å². The van der Waals surface area contributed by atoms with Crippen molar-refractivity contribution in [3.63, 3.8) is 0 Å². The number of hydrogen-bond donors (Lipinski definition) is 3. The van der Waals surface area contributed by atoms with Gasteiger partial charge in [0, 0.05) is 6.61 Å². The molecule has 16 heavy (non-hydrogen) atoms. The van der Waals surface area contributed by atoms with Crippen LogP contribution < -0.4 is 0 Å². The first-order chi connectivity index (χ1) is 7.12. The van der Waals surface area contributed by atoms with Crippen LogP contribution in [-0.2, 0) is 0 Å². The zero-order chi connectivity index (χ0) is 13.1. The maximum Gasteiger partial charge on any atom is 0.0824 e. The van der Waals surface area contributed by atoms with Gasteiger partial charge in [-0.1, -0.05) is 34.6 Å². The molecule has 0 radical (unpaired) electrons. The van der Waals surface area contributed by atoms with Crippen LogP contribution in [0, 0.1) is 23.2 Å². The summed E-state index contributed by atoms with van der Waals surface area (Å²) >= 11 is 0. The van der Waals surface area contributed by atoms with Gasteiger partial charge in [-0.05, 0) is 30.1 Å².